The van der Waals surface area contributed by atoms with E-state index in [0.29, 0.717) is 10.8 Å². The molecule has 5 heteroatoms. The maximum absolute atomic E-state index is 5.71. The molecule has 0 aliphatic rings. The molecule has 0 amide bonds. The maximum Gasteiger partial charge on any atom is 0.140 e. The minimum absolute atomic E-state index is 0.334. The van der Waals surface area contributed by atoms with Gasteiger partial charge in [-0.2, -0.15) is 0 Å². The summed E-state index contributed by atoms with van der Waals surface area (Å²) in [5, 5.41) is 3.25. The van der Waals surface area contributed by atoms with Crippen molar-refractivity contribution < 1.29 is 0 Å². The van der Waals surface area contributed by atoms with Gasteiger partial charge >= 0.3 is 0 Å². The van der Waals surface area contributed by atoms with E-state index >= 15 is 0 Å². The van der Waals surface area contributed by atoms with Gasteiger partial charge in [0.05, 0.1) is 5.56 Å². The fourth-order valence-corrected chi connectivity index (χ4v) is 2.20. The SMILES string of the molecule is Cc1ccc(C(N)=S)c(Nc2ccc(C)c(Br)c2)n1. The van der Waals surface area contributed by atoms with Gasteiger partial charge in [-0.15, -0.1) is 0 Å². The van der Waals surface area contributed by atoms with Crippen LogP contribution < -0.4 is 11.1 Å². The molecule has 0 bridgehead atoms. The molecule has 0 atom stereocenters. The predicted molar refractivity (Wildman–Crippen MR) is 87.0 cm³/mol. The van der Waals surface area contributed by atoms with Crippen LogP contribution in [-0.4, -0.2) is 9.97 Å². The Bertz CT molecular complexity index is 641. The summed E-state index contributed by atoms with van der Waals surface area (Å²) in [5.41, 5.74) is 9.49. The van der Waals surface area contributed by atoms with Crippen molar-refractivity contribution in [2.75, 3.05) is 5.32 Å². The van der Waals surface area contributed by atoms with Crippen LogP contribution in [0.5, 0.6) is 0 Å². The maximum atomic E-state index is 5.71. The second-order valence-corrected chi connectivity index (χ2v) is 5.60. The molecule has 0 saturated carbocycles. The number of halogens is 1. The van der Waals surface area contributed by atoms with Crippen LogP contribution in [0, 0.1) is 13.8 Å². The highest BCUT2D eigenvalue weighted by Crippen LogP contribution is 2.24. The van der Waals surface area contributed by atoms with E-state index in [1.807, 2.05) is 44.2 Å². The highest BCUT2D eigenvalue weighted by molar-refractivity contribution is 9.10. The average Bonchev–Trinajstić information content (AvgIpc) is 2.33. The van der Waals surface area contributed by atoms with Crippen molar-refractivity contribution in [3.63, 3.8) is 0 Å². The number of hydrogen-bond donors (Lipinski definition) is 2. The quantitative estimate of drug-likeness (QED) is 0.836. The van der Waals surface area contributed by atoms with Gasteiger partial charge in [-0.3, -0.25) is 0 Å². The summed E-state index contributed by atoms with van der Waals surface area (Å²) in [6.07, 6.45) is 0. The number of benzene rings is 1. The summed E-state index contributed by atoms with van der Waals surface area (Å²) >= 11 is 8.55. The van der Waals surface area contributed by atoms with Crippen molar-refractivity contribution in [2.45, 2.75) is 13.8 Å². The van der Waals surface area contributed by atoms with E-state index in [4.69, 9.17) is 18.0 Å². The number of nitrogens with two attached hydrogens (primary N) is 1. The van der Waals surface area contributed by atoms with Gasteiger partial charge in [0, 0.05) is 15.9 Å². The third-order valence-electron chi connectivity index (χ3n) is 2.73. The lowest BCUT2D eigenvalue weighted by Gasteiger charge is -2.12. The molecule has 0 fully saturated rings. The Morgan fingerprint density at radius 2 is 2.00 bits per heavy atom. The molecule has 0 radical (unpaired) electrons. The molecule has 1 aromatic heterocycles. The smallest absolute Gasteiger partial charge is 0.140 e. The van der Waals surface area contributed by atoms with Crippen LogP contribution in [0.25, 0.3) is 0 Å². The fourth-order valence-electron chi connectivity index (χ4n) is 1.66. The van der Waals surface area contributed by atoms with Crippen LogP contribution in [0.1, 0.15) is 16.8 Å². The highest BCUT2D eigenvalue weighted by Gasteiger charge is 2.08. The van der Waals surface area contributed by atoms with E-state index in [0.717, 1.165) is 21.4 Å². The van der Waals surface area contributed by atoms with Gasteiger partial charge in [-0.25, -0.2) is 4.98 Å². The van der Waals surface area contributed by atoms with E-state index < -0.39 is 0 Å². The lowest BCUT2D eigenvalue weighted by atomic mass is 10.2. The first kappa shape index (κ1) is 14.0. The molecule has 0 spiro atoms. The Hall–Kier alpha value is -1.46. The first-order valence-corrected chi connectivity index (χ1v) is 6.98. The normalized spacial score (nSPS) is 10.3. The number of anilines is 2. The summed E-state index contributed by atoms with van der Waals surface area (Å²) in [4.78, 5) is 4.78. The molecular weight excluding hydrogens is 322 g/mol. The summed E-state index contributed by atoms with van der Waals surface area (Å²) in [5.74, 6) is 0.684. The highest BCUT2D eigenvalue weighted by atomic mass is 79.9. The van der Waals surface area contributed by atoms with Crippen molar-refractivity contribution in [2.24, 2.45) is 5.73 Å². The van der Waals surface area contributed by atoms with Crippen LogP contribution in [0.15, 0.2) is 34.8 Å². The number of nitrogens with zero attached hydrogens (tertiary/aromatic N) is 1. The van der Waals surface area contributed by atoms with Crippen molar-refractivity contribution in [1.82, 2.24) is 4.98 Å². The van der Waals surface area contributed by atoms with Crippen molar-refractivity contribution >= 4 is 44.6 Å². The van der Waals surface area contributed by atoms with E-state index in [9.17, 15) is 0 Å². The van der Waals surface area contributed by atoms with Crippen LogP contribution >= 0.6 is 28.1 Å². The zero-order valence-corrected chi connectivity index (χ0v) is 13.1. The number of hydrogen-bond acceptors (Lipinski definition) is 3. The van der Waals surface area contributed by atoms with Gasteiger partial charge < -0.3 is 11.1 Å². The molecule has 0 aliphatic heterocycles. The first-order chi connectivity index (χ1) is 8.97. The summed E-state index contributed by atoms with van der Waals surface area (Å²) in [6.45, 7) is 3.97. The van der Waals surface area contributed by atoms with Crippen LogP contribution in [0.4, 0.5) is 11.5 Å². The zero-order chi connectivity index (χ0) is 14.0. The largest absolute Gasteiger partial charge is 0.389 e. The molecule has 3 nitrogen and oxygen atoms in total. The van der Waals surface area contributed by atoms with Gasteiger partial charge in [0.2, 0.25) is 0 Å². The van der Waals surface area contributed by atoms with Gasteiger partial charge in [0.15, 0.2) is 0 Å². The Labute approximate surface area is 126 Å². The number of nitrogens with one attached hydrogen (secondary N) is 1. The summed E-state index contributed by atoms with van der Waals surface area (Å²) in [6, 6.07) is 9.81. The first-order valence-electron chi connectivity index (χ1n) is 5.78. The molecule has 3 N–H and O–H groups in total. The van der Waals surface area contributed by atoms with Crippen molar-refractivity contribution in [1.29, 1.82) is 0 Å². The molecule has 0 saturated heterocycles. The van der Waals surface area contributed by atoms with Gasteiger partial charge in [0.1, 0.15) is 10.8 Å². The molecule has 1 heterocycles. The topological polar surface area (TPSA) is 50.9 Å². The number of aromatic nitrogens is 1. The van der Waals surface area contributed by atoms with Crippen LogP contribution in [0.3, 0.4) is 0 Å². The Balaban J connectivity index is 2.39. The van der Waals surface area contributed by atoms with Crippen LogP contribution in [-0.2, 0) is 0 Å². The lowest BCUT2D eigenvalue weighted by Crippen LogP contribution is -2.13. The second-order valence-electron chi connectivity index (χ2n) is 4.30. The average molecular weight is 336 g/mol. The van der Waals surface area contributed by atoms with E-state index in [1.165, 1.54) is 5.56 Å². The summed E-state index contributed by atoms with van der Waals surface area (Å²) in [7, 11) is 0. The van der Waals surface area contributed by atoms with Gasteiger partial charge in [-0.1, -0.05) is 34.2 Å². The van der Waals surface area contributed by atoms with E-state index in [1.54, 1.807) is 0 Å². The van der Waals surface area contributed by atoms with E-state index in [-0.39, 0.29) is 0 Å². The Morgan fingerprint density at radius 3 is 2.63 bits per heavy atom. The number of rotatable bonds is 3. The molecule has 0 unspecified atom stereocenters. The third-order valence-corrected chi connectivity index (χ3v) is 3.81. The molecule has 2 rings (SSSR count). The second kappa shape index (κ2) is 5.67. The van der Waals surface area contributed by atoms with Crippen molar-refractivity contribution in [3.05, 3.63) is 51.6 Å². The molecule has 0 aliphatic carbocycles. The monoisotopic (exact) mass is 335 g/mol. The molecule has 2 aromatic rings. The van der Waals surface area contributed by atoms with E-state index in [2.05, 4.69) is 26.2 Å². The van der Waals surface area contributed by atoms with Gasteiger partial charge in [0.25, 0.3) is 0 Å². The minimum atomic E-state index is 0.334. The minimum Gasteiger partial charge on any atom is -0.389 e. The zero-order valence-electron chi connectivity index (χ0n) is 10.7. The molecular formula is C14H14BrN3S. The standard InChI is InChI=1S/C14H14BrN3S/c1-8-3-5-10(7-12(8)15)18-14-11(13(16)19)6-4-9(2)17-14/h3-7H,1-2H3,(H2,16,19)(H,17,18). The molecule has 1 aromatic carbocycles. The lowest BCUT2D eigenvalue weighted by molar-refractivity contribution is 1.19. The Morgan fingerprint density at radius 1 is 1.26 bits per heavy atom. The van der Waals surface area contributed by atoms with Gasteiger partial charge in [-0.05, 0) is 43.7 Å². The van der Waals surface area contributed by atoms with Crippen LogP contribution in [0.2, 0.25) is 0 Å². The molecule has 98 valence electrons. The number of aryl methyl sites for hydroxylation is 2. The number of pyridine rings is 1. The predicted octanol–water partition coefficient (Wildman–Crippen LogP) is 3.84. The number of thiocarbonyl (C=S) groups is 1. The Kier molecular flexibility index (Phi) is 4.17. The molecule has 19 heavy (non-hydrogen) atoms. The van der Waals surface area contributed by atoms with Crippen molar-refractivity contribution in [3.8, 4) is 0 Å². The fraction of sp³-hybridized carbons (Fsp3) is 0.143. The summed E-state index contributed by atoms with van der Waals surface area (Å²) < 4.78 is 1.04. The third kappa shape index (κ3) is 3.30.